The highest BCUT2D eigenvalue weighted by atomic mass is 32.1. The third kappa shape index (κ3) is 3.49. The second-order valence-corrected chi connectivity index (χ2v) is 6.62. The van der Waals surface area contributed by atoms with Crippen molar-refractivity contribution in [1.29, 1.82) is 0 Å². The number of aryl methyl sites for hydroxylation is 1. The maximum Gasteiger partial charge on any atom is 0.279 e. The first-order valence-electron chi connectivity index (χ1n) is 6.69. The number of thiophene rings is 1. The molecule has 2 aromatic heterocycles. The van der Waals surface area contributed by atoms with Crippen LogP contribution in [0.3, 0.4) is 0 Å². The van der Waals surface area contributed by atoms with Crippen molar-refractivity contribution in [3.8, 4) is 0 Å². The summed E-state index contributed by atoms with van der Waals surface area (Å²) in [7, 11) is 0. The molecule has 3 aromatic rings. The summed E-state index contributed by atoms with van der Waals surface area (Å²) in [6.45, 7) is 0. The highest BCUT2D eigenvalue weighted by molar-refractivity contribution is 7.18. The van der Waals surface area contributed by atoms with Crippen LogP contribution in [0.5, 0.6) is 0 Å². The van der Waals surface area contributed by atoms with Crippen molar-refractivity contribution in [2.75, 3.05) is 0 Å². The molecule has 0 unspecified atom stereocenters. The van der Waals surface area contributed by atoms with E-state index in [0.29, 0.717) is 11.3 Å². The van der Waals surface area contributed by atoms with E-state index in [0.717, 1.165) is 15.2 Å². The molecule has 0 aliphatic rings. The molecule has 0 aliphatic carbocycles. The zero-order valence-corrected chi connectivity index (χ0v) is 13.2. The molecule has 5 nitrogen and oxygen atoms in total. The third-order valence-corrected chi connectivity index (χ3v) is 4.93. The SMILES string of the molecule is O=C(CCc1nc2ccccc2s1)NNC(=O)c1cccs1. The summed E-state index contributed by atoms with van der Waals surface area (Å²) in [5, 5.41) is 2.73. The van der Waals surface area contributed by atoms with Crippen LogP contribution in [0.2, 0.25) is 0 Å². The van der Waals surface area contributed by atoms with E-state index >= 15 is 0 Å². The van der Waals surface area contributed by atoms with Gasteiger partial charge in [0.15, 0.2) is 0 Å². The van der Waals surface area contributed by atoms with Gasteiger partial charge in [-0.15, -0.1) is 22.7 Å². The molecule has 0 atom stereocenters. The molecular weight excluding hydrogens is 318 g/mol. The van der Waals surface area contributed by atoms with Crippen LogP contribution in [0, 0.1) is 0 Å². The lowest BCUT2D eigenvalue weighted by atomic mass is 10.3. The first kappa shape index (κ1) is 14.7. The fraction of sp³-hybridized carbons (Fsp3) is 0.133. The van der Waals surface area contributed by atoms with Gasteiger partial charge in [-0.2, -0.15) is 0 Å². The Hall–Kier alpha value is -2.25. The van der Waals surface area contributed by atoms with Gasteiger partial charge in [0, 0.05) is 12.8 Å². The molecule has 7 heteroatoms. The van der Waals surface area contributed by atoms with Crippen LogP contribution in [0.4, 0.5) is 0 Å². The van der Waals surface area contributed by atoms with Gasteiger partial charge >= 0.3 is 0 Å². The molecule has 0 bridgehead atoms. The molecule has 0 saturated carbocycles. The monoisotopic (exact) mass is 331 g/mol. The lowest BCUT2D eigenvalue weighted by molar-refractivity contribution is -0.121. The molecule has 0 aliphatic heterocycles. The molecule has 3 rings (SSSR count). The number of aromatic nitrogens is 1. The molecule has 0 saturated heterocycles. The number of carbonyl (C=O) groups excluding carboxylic acids is 2. The van der Waals surface area contributed by atoms with Gasteiger partial charge in [-0.05, 0) is 23.6 Å². The van der Waals surface area contributed by atoms with Crippen LogP contribution in [-0.4, -0.2) is 16.8 Å². The van der Waals surface area contributed by atoms with Crippen molar-refractivity contribution >= 4 is 44.7 Å². The molecule has 2 heterocycles. The van der Waals surface area contributed by atoms with Gasteiger partial charge in [-0.3, -0.25) is 20.4 Å². The summed E-state index contributed by atoms with van der Waals surface area (Å²) >= 11 is 2.91. The standard InChI is InChI=1S/C15H13N3O2S2/c19-13(17-18-15(20)12-6-3-9-21-12)7-8-14-16-10-4-1-2-5-11(10)22-14/h1-6,9H,7-8H2,(H,17,19)(H,18,20). The first-order chi connectivity index (χ1) is 10.7. The van der Waals surface area contributed by atoms with Crippen molar-refractivity contribution in [2.45, 2.75) is 12.8 Å². The summed E-state index contributed by atoms with van der Waals surface area (Å²) in [5.74, 6) is -0.535. The van der Waals surface area contributed by atoms with E-state index in [1.54, 1.807) is 23.5 Å². The Morgan fingerprint density at radius 2 is 1.95 bits per heavy atom. The number of nitrogens with one attached hydrogen (secondary N) is 2. The molecule has 0 radical (unpaired) electrons. The fourth-order valence-corrected chi connectivity index (χ4v) is 3.49. The Bertz CT molecular complexity index is 763. The predicted octanol–water partition coefficient (Wildman–Crippen LogP) is 2.75. The minimum atomic E-state index is -0.302. The number of hydrogen-bond donors (Lipinski definition) is 2. The number of hydrazine groups is 1. The Labute approximate surface area is 135 Å². The summed E-state index contributed by atoms with van der Waals surface area (Å²) in [6, 6.07) is 11.4. The number of carbonyl (C=O) groups is 2. The Balaban J connectivity index is 1.49. The number of hydrogen-bond acceptors (Lipinski definition) is 5. The van der Waals surface area contributed by atoms with E-state index in [-0.39, 0.29) is 18.2 Å². The second-order valence-electron chi connectivity index (χ2n) is 4.55. The van der Waals surface area contributed by atoms with Crippen molar-refractivity contribution in [3.05, 3.63) is 51.7 Å². The van der Waals surface area contributed by atoms with Crippen molar-refractivity contribution in [3.63, 3.8) is 0 Å². The van der Waals surface area contributed by atoms with Crippen LogP contribution in [0.25, 0.3) is 10.2 Å². The average molecular weight is 331 g/mol. The fourth-order valence-electron chi connectivity index (χ4n) is 1.91. The average Bonchev–Trinajstić information content (AvgIpc) is 3.19. The number of rotatable bonds is 4. The summed E-state index contributed by atoms with van der Waals surface area (Å²) in [4.78, 5) is 28.5. The Morgan fingerprint density at radius 1 is 1.09 bits per heavy atom. The maximum atomic E-state index is 11.8. The van der Waals surface area contributed by atoms with Gasteiger partial charge in [-0.1, -0.05) is 18.2 Å². The lowest BCUT2D eigenvalue weighted by Crippen LogP contribution is -2.41. The zero-order chi connectivity index (χ0) is 15.4. The highest BCUT2D eigenvalue weighted by Crippen LogP contribution is 2.22. The van der Waals surface area contributed by atoms with E-state index in [1.165, 1.54) is 11.3 Å². The molecular formula is C15H13N3O2S2. The number of benzene rings is 1. The number of thiazole rings is 1. The smallest absolute Gasteiger partial charge is 0.273 e. The summed E-state index contributed by atoms with van der Waals surface area (Å²) < 4.78 is 1.11. The maximum absolute atomic E-state index is 11.8. The normalized spacial score (nSPS) is 10.5. The van der Waals surface area contributed by atoms with E-state index in [4.69, 9.17) is 0 Å². The van der Waals surface area contributed by atoms with Gasteiger partial charge in [0.2, 0.25) is 5.91 Å². The van der Waals surface area contributed by atoms with E-state index in [1.807, 2.05) is 29.6 Å². The summed E-state index contributed by atoms with van der Waals surface area (Å²) in [5.41, 5.74) is 5.78. The minimum absolute atomic E-state index is 0.232. The minimum Gasteiger partial charge on any atom is -0.273 e. The molecule has 2 amide bonds. The van der Waals surface area contributed by atoms with Gasteiger partial charge in [0.05, 0.1) is 20.1 Å². The van der Waals surface area contributed by atoms with Crippen LogP contribution in [-0.2, 0) is 11.2 Å². The van der Waals surface area contributed by atoms with E-state index in [9.17, 15) is 9.59 Å². The van der Waals surface area contributed by atoms with Crippen molar-refractivity contribution in [2.24, 2.45) is 0 Å². The molecule has 0 spiro atoms. The quantitative estimate of drug-likeness (QED) is 0.722. The van der Waals surface area contributed by atoms with Gasteiger partial charge < -0.3 is 0 Å². The number of fused-ring (bicyclic) bond motifs is 1. The van der Waals surface area contributed by atoms with Crippen molar-refractivity contribution in [1.82, 2.24) is 15.8 Å². The number of para-hydroxylation sites is 1. The highest BCUT2D eigenvalue weighted by Gasteiger charge is 2.09. The van der Waals surface area contributed by atoms with E-state index in [2.05, 4.69) is 15.8 Å². The largest absolute Gasteiger partial charge is 0.279 e. The Morgan fingerprint density at radius 3 is 2.73 bits per heavy atom. The third-order valence-electron chi connectivity index (χ3n) is 2.96. The molecule has 112 valence electrons. The van der Waals surface area contributed by atoms with Crippen LogP contribution < -0.4 is 10.9 Å². The topological polar surface area (TPSA) is 71.1 Å². The number of amides is 2. The lowest BCUT2D eigenvalue weighted by Gasteiger charge is -2.05. The van der Waals surface area contributed by atoms with Crippen LogP contribution in [0.1, 0.15) is 21.1 Å². The van der Waals surface area contributed by atoms with E-state index < -0.39 is 0 Å². The number of nitrogens with zero attached hydrogens (tertiary/aromatic N) is 1. The Kier molecular flexibility index (Phi) is 4.45. The predicted molar refractivity (Wildman–Crippen MR) is 87.9 cm³/mol. The molecule has 22 heavy (non-hydrogen) atoms. The van der Waals surface area contributed by atoms with Crippen molar-refractivity contribution < 1.29 is 9.59 Å². The first-order valence-corrected chi connectivity index (χ1v) is 8.39. The zero-order valence-electron chi connectivity index (χ0n) is 11.5. The van der Waals surface area contributed by atoms with Gasteiger partial charge in [0.1, 0.15) is 0 Å². The van der Waals surface area contributed by atoms with Crippen LogP contribution in [0.15, 0.2) is 41.8 Å². The molecule has 1 aromatic carbocycles. The van der Waals surface area contributed by atoms with Crippen LogP contribution >= 0.6 is 22.7 Å². The molecule has 2 N–H and O–H groups in total. The summed E-state index contributed by atoms with van der Waals surface area (Å²) in [6.07, 6.45) is 0.838. The molecule has 0 fully saturated rings. The second kappa shape index (κ2) is 6.67. The van der Waals surface area contributed by atoms with Gasteiger partial charge in [-0.25, -0.2) is 4.98 Å². The van der Waals surface area contributed by atoms with Gasteiger partial charge in [0.25, 0.3) is 5.91 Å².